The third-order valence-corrected chi connectivity index (χ3v) is 5.64. The number of carbonyl (C=O) groups is 1. The summed E-state index contributed by atoms with van der Waals surface area (Å²) in [7, 11) is 1.59. The molecule has 0 saturated carbocycles. The van der Waals surface area contributed by atoms with Crippen LogP contribution < -0.4 is 19.0 Å². The fourth-order valence-corrected chi connectivity index (χ4v) is 4.35. The Morgan fingerprint density at radius 2 is 2.03 bits per heavy atom. The highest BCUT2D eigenvalue weighted by Gasteiger charge is 2.17. The van der Waals surface area contributed by atoms with Gasteiger partial charge in [0.1, 0.15) is 19.0 Å². The Morgan fingerprint density at radius 1 is 1.28 bits per heavy atom. The molecule has 0 bridgehead atoms. The van der Waals surface area contributed by atoms with Crippen LogP contribution >= 0.6 is 11.3 Å². The van der Waals surface area contributed by atoms with Gasteiger partial charge >= 0.3 is 0 Å². The fraction of sp³-hybridized carbons (Fsp3) is 0.273. The van der Waals surface area contributed by atoms with E-state index in [1.54, 1.807) is 7.11 Å². The van der Waals surface area contributed by atoms with Crippen molar-refractivity contribution in [2.75, 3.05) is 20.3 Å². The molecule has 1 aliphatic heterocycles. The average Bonchev–Trinajstić information content (AvgIpc) is 3.02. The molecule has 1 amide bonds. The molecule has 0 aliphatic carbocycles. The summed E-state index contributed by atoms with van der Waals surface area (Å²) in [5.41, 5.74) is 2.74. The smallest absolute Gasteiger partial charge is 0.252 e. The number of thiazole rings is 1. The van der Waals surface area contributed by atoms with Crippen molar-refractivity contribution in [1.82, 2.24) is 4.57 Å². The molecule has 1 aromatic heterocycles. The van der Waals surface area contributed by atoms with Crippen LogP contribution in [0.25, 0.3) is 10.2 Å². The summed E-state index contributed by atoms with van der Waals surface area (Å²) in [6.07, 6.45) is 5.71. The highest BCUT2D eigenvalue weighted by atomic mass is 32.1. The zero-order chi connectivity index (χ0) is 20.4. The Morgan fingerprint density at radius 3 is 2.76 bits per heavy atom. The number of nitrogens with zero attached hydrogens (tertiary/aromatic N) is 2. The maximum absolute atomic E-state index is 12.7. The summed E-state index contributed by atoms with van der Waals surface area (Å²) >= 11 is 1.40. The van der Waals surface area contributed by atoms with Gasteiger partial charge in [-0.1, -0.05) is 35.0 Å². The van der Waals surface area contributed by atoms with E-state index in [2.05, 4.69) is 10.9 Å². The number of rotatable bonds is 4. The third-order valence-electron chi connectivity index (χ3n) is 4.59. The van der Waals surface area contributed by atoms with Gasteiger partial charge in [0.2, 0.25) is 0 Å². The van der Waals surface area contributed by atoms with Crippen LogP contribution in [-0.2, 0) is 17.8 Å². The number of hydrogen-bond acceptors (Lipinski definition) is 5. The van der Waals surface area contributed by atoms with Crippen molar-refractivity contribution >= 4 is 27.5 Å². The Hall–Kier alpha value is -3.24. The van der Waals surface area contributed by atoms with Crippen molar-refractivity contribution in [3.05, 3.63) is 46.3 Å². The van der Waals surface area contributed by atoms with Crippen LogP contribution in [-0.4, -0.2) is 30.8 Å². The monoisotopic (exact) mass is 408 g/mol. The maximum Gasteiger partial charge on any atom is 0.252 e. The number of methoxy groups -OCH3 is 1. The molecule has 2 aromatic carbocycles. The van der Waals surface area contributed by atoms with E-state index in [9.17, 15) is 4.79 Å². The Kier molecular flexibility index (Phi) is 5.28. The van der Waals surface area contributed by atoms with Crippen molar-refractivity contribution in [3.8, 4) is 29.6 Å². The minimum Gasteiger partial charge on any atom is -0.496 e. The number of aromatic nitrogens is 1. The molecule has 0 atom stereocenters. The number of fused-ring (bicyclic) bond motifs is 2. The standard InChI is InChI=1S/C22H20N2O4S/c1-4-7-24-16-12-18-19(28-9-8-27-18)13-20(16)29-22(24)23-21(25)11-15-10-14(2)5-6-17(15)26-3/h1,5-6,10,12-13H,7-9,11H2,2-3H3. The third kappa shape index (κ3) is 3.84. The van der Waals surface area contributed by atoms with Gasteiger partial charge < -0.3 is 18.8 Å². The second-order valence-electron chi connectivity index (χ2n) is 6.64. The van der Waals surface area contributed by atoms with Crippen molar-refractivity contribution in [2.45, 2.75) is 19.9 Å². The van der Waals surface area contributed by atoms with Crippen molar-refractivity contribution < 1.29 is 19.0 Å². The number of hydrogen-bond donors (Lipinski definition) is 0. The van der Waals surface area contributed by atoms with Gasteiger partial charge in [-0.3, -0.25) is 4.79 Å². The normalized spacial score (nSPS) is 13.3. The lowest BCUT2D eigenvalue weighted by atomic mass is 10.1. The largest absolute Gasteiger partial charge is 0.496 e. The number of carbonyl (C=O) groups excluding carboxylic acids is 1. The lowest BCUT2D eigenvalue weighted by Crippen LogP contribution is -2.18. The lowest BCUT2D eigenvalue weighted by molar-refractivity contribution is -0.117. The molecule has 148 valence electrons. The second-order valence-corrected chi connectivity index (χ2v) is 7.65. The van der Waals surface area contributed by atoms with Crippen LogP contribution in [0.2, 0.25) is 0 Å². The van der Waals surface area contributed by atoms with Crippen LogP contribution in [0.1, 0.15) is 11.1 Å². The maximum atomic E-state index is 12.7. The molecule has 4 rings (SSSR count). The minimum absolute atomic E-state index is 0.151. The topological polar surface area (TPSA) is 62.1 Å². The predicted octanol–water partition coefficient (Wildman–Crippen LogP) is 3.09. The van der Waals surface area contributed by atoms with E-state index >= 15 is 0 Å². The summed E-state index contributed by atoms with van der Waals surface area (Å²) in [5.74, 6) is 4.42. The number of benzene rings is 2. The van der Waals surface area contributed by atoms with Gasteiger partial charge in [0.15, 0.2) is 16.3 Å². The molecule has 3 aromatic rings. The van der Waals surface area contributed by atoms with E-state index in [0.717, 1.165) is 21.3 Å². The van der Waals surface area contributed by atoms with Gasteiger partial charge in [-0.05, 0) is 13.0 Å². The zero-order valence-corrected chi connectivity index (χ0v) is 17.0. The molecule has 0 N–H and O–H groups in total. The quantitative estimate of drug-likeness (QED) is 0.623. The molecular formula is C22H20N2O4S. The number of ether oxygens (including phenoxy) is 3. The van der Waals surface area contributed by atoms with E-state index in [1.807, 2.05) is 41.8 Å². The van der Waals surface area contributed by atoms with Crippen LogP contribution in [0.3, 0.4) is 0 Å². The first-order valence-electron chi connectivity index (χ1n) is 9.16. The van der Waals surface area contributed by atoms with E-state index in [4.69, 9.17) is 20.6 Å². The van der Waals surface area contributed by atoms with Crippen LogP contribution in [0.15, 0.2) is 35.3 Å². The molecule has 0 spiro atoms. The molecule has 0 unspecified atom stereocenters. The van der Waals surface area contributed by atoms with Crippen molar-refractivity contribution in [3.63, 3.8) is 0 Å². The average molecular weight is 408 g/mol. The minimum atomic E-state index is -0.261. The second kappa shape index (κ2) is 8.02. The number of terminal acetylenes is 1. The Bertz CT molecular complexity index is 1200. The highest BCUT2D eigenvalue weighted by molar-refractivity contribution is 7.16. The zero-order valence-electron chi connectivity index (χ0n) is 16.2. The van der Waals surface area contributed by atoms with E-state index < -0.39 is 0 Å². The molecule has 0 fully saturated rings. The summed E-state index contributed by atoms with van der Waals surface area (Å²) in [5, 5.41) is 0. The fourth-order valence-electron chi connectivity index (χ4n) is 3.29. The van der Waals surface area contributed by atoms with Gasteiger partial charge in [-0.2, -0.15) is 4.99 Å². The molecule has 6 nitrogen and oxygen atoms in total. The Labute approximate surface area is 172 Å². The molecule has 0 saturated heterocycles. The molecule has 29 heavy (non-hydrogen) atoms. The number of amides is 1. The first-order valence-corrected chi connectivity index (χ1v) is 9.98. The van der Waals surface area contributed by atoms with E-state index in [-0.39, 0.29) is 12.3 Å². The first-order chi connectivity index (χ1) is 14.1. The van der Waals surface area contributed by atoms with Gasteiger partial charge in [0.25, 0.3) is 5.91 Å². The van der Waals surface area contributed by atoms with Crippen molar-refractivity contribution in [2.24, 2.45) is 4.99 Å². The first kappa shape index (κ1) is 19.1. The van der Waals surface area contributed by atoms with E-state index in [1.165, 1.54) is 11.3 Å². The summed E-state index contributed by atoms with van der Waals surface area (Å²) in [4.78, 5) is 17.6. The van der Waals surface area contributed by atoms with Crippen LogP contribution in [0.5, 0.6) is 17.2 Å². The lowest BCUT2D eigenvalue weighted by Gasteiger charge is -2.18. The molecule has 7 heteroatoms. The summed E-state index contributed by atoms with van der Waals surface area (Å²) < 4.78 is 19.5. The van der Waals surface area contributed by atoms with Gasteiger partial charge in [0.05, 0.1) is 30.3 Å². The highest BCUT2D eigenvalue weighted by Crippen LogP contribution is 2.35. The SMILES string of the molecule is C#CCn1c(=NC(=O)Cc2cc(C)ccc2OC)sc2cc3c(cc21)OCCO3. The van der Waals surface area contributed by atoms with Gasteiger partial charge in [-0.25, -0.2) is 0 Å². The number of aryl methyl sites for hydroxylation is 1. The molecular weight excluding hydrogens is 388 g/mol. The van der Waals surface area contributed by atoms with Crippen molar-refractivity contribution in [1.29, 1.82) is 0 Å². The predicted molar refractivity (Wildman–Crippen MR) is 112 cm³/mol. The summed E-state index contributed by atoms with van der Waals surface area (Å²) in [6.45, 7) is 3.30. The molecule has 1 aliphatic rings. The Balaban J connectivity index is 1.75. The molecule has 0 radical (unpaired) electrons. The van der Waals surface area contributed by atoms with Crippen LogP contribution in [0.4, 0.5) is 0 Å². The van der Waals surface area contributed by atoms with E-state index in [0.29, 0.717) is 41.8 Å². The van der Waals surface area contributed by atoms with Gasteiger partial charge in [-0.15, -0.1) is 6.42 Å². The summed E-state index contributed by atoms with van der Waals surface area (Å²) in [6, 6.07) is 9.55. The van der Waals surface area contributed by atoms with Crippen LogP contribution in [0, 0.1) is 19.3 Å². The van der Waals surface area contributed by atoms with Gasteiger partial charge in [0, 0.05) is 17.7 Å². The molecule has 2 heterocycles.